The maximum Gasteiger partial charge on any atom is 0.355 e. The van der Waals surface area contributed by atoms with Crippen molar-refractivity contribution in [3.05, 3.63) is 22.5 Å². The molecular formula is C13H21NO5. The van der Waals surface area contributed by atoms with Gasteiger partial charge >= 0.3 is 5.97 Å². The number of H-pyrrole nitrogens is 1. The molecule has 2 atom stereocenters. The fourth-order valence-electron chi connectivity index (χ4n) is 2.10. The number of aliphatic hydroxyl groups is 3. The molecular weight excluding hydrogens is 250 g/mol. The minimum Gasteiger partial charge on any atom is -0.461 e. The standard InChI is InChI=1S/C13H21NO5/c1-4-19-13(18)11-7(2)10(8(3)14-11)12(17)9(16)5-6-15/h9,12,14-17H,4-6H2,1-3H3. The molecule has 6 nitrogen and oxygen atoms in total. The number of nitrogens with one attached hydrogen (secondary N) is 1. The zero-order valence-corrected chi connectivity index (χ0v) is 11.4. The van der Waals surface area contributed by atoms with Crippen molar-refractivity contribution in [1.82, 2.24) is 4.98 Å². The van der Waals surface area contributed by atoms with E-state index in [0.717, 1.165) is 0 Å². The first-order chi connectivity index (χ1) is 8.93. The predicted molar refractivity (Wildman–Crippen MR) is 68.9 cm³/mol. The molecule has 2 unspecified atom stereocenters. The summed E-state index contributed by atoms with van der Waals surface area (Å²) in [5, 5.41) is 28.6. The molecule has 108 valence electrons. The molecule has 4 N–H and O–H groups in total. The van der Waals surface area contributed by atoms with Crippen molar-refractivity contribution in [1.29, 1.82) is 0 Å². The second-order valence-corrected chi connectivity index (χ2v) is 4.41. The molecule has 0 radical (unpaired) electrons. The Hall–Kier alpha value is -1.37. The number of esters is 1. The van der Waals surface area contributed by atoms with Crippen LogP contribution in [-0.2, 0) is 4.74 Å². The number of ether oxygens (including phenoxy) is 1. The lowest BCUT2D eigenvalue weighted by atomic mass is 9.98. The van der Waals surface area contributed by atoms with Crippen LogP contribution in [0.15, 0.2) is 0 Å². The van der Waals surface area contributed by atoms with Crippen LogP contribution in [0, 0.1) is 13.8 Å². The number of aromatic nitrogens is 1. The first-order valence-corrected chi connectivity index (χ1v) is 6.27. The summed E-state index contributed by atoms with van der Waals surface area (Å²) in [5.74, 6) is -0.488. The number of aryl methyl sites for hydroxylation is 1. The zero-order valence-electron chi connectivity index (χ0n) is 11.4. The maximum atomic E-state index is 11.7. The summed E-state index contributed by atoms with van der Waals surface area (Å²) >= 11 is 0. The van der Waals surface area contributed by atoms with Crippen LogP contribution in [0.4, 0.5) is 0 Å². The van der Waals surface area contributed by atoms with Gasteiger partial charge in [0.2, 0.25) is 0 Å². The van der Waals surface area contributed by atoms with Crippen LogP contribution in [0.1, 0.15) is 46.8 Å². The summed E-state index contributed by atoms with van der Waals surface area (Å²) in [6, 6.07) is 0. The van der Waals surface area contributed by atoms with E-state index in [1.54, 1.807) is 20.8 Å². The Morgan fingerprint density at radius 3 is 2.53 bits per heavy atom. The lowest BCUT2D eigenvalue weighted by molar-refractivity contribution is 0.00359. The van der Waals surface area contributed by atoms with E-state index in [1.165, 1.54) is 0 Å². The average Bonchev–Trinajstić information content (AvgIpc) is 2.65. The van der Waals surface area contributed by atoms with E-state index in [0.29, 0.717) is 16.8 Å². The van der Waals surface area contributed by atoms with Gasteiger partial charge in [0.25, 0.3) is 0 Å². The SMILES string of the molecule is CCOC(=O)c1[nH]c(C)c(C(O)C(O)CCO)c1C. The van der Waals surface area contributed by atoms with Gasteiger partial charge in [-0.3, -0.25) is 0 Å². The molecule has 1 aromatic heterocycles. The number of aliphatic hydroxyl groups excluding tert-OH is 3. The second-order valence-electron chi connectivity index (χ2n) is 4.41. The number of carbonyl (C=O) groups is 1. The first-order valence-electron chi connectivity index (χ1n) is 6.27. The van der Waals surface area contributed by atoms with Crippen molar-refractivity contribution in [2.75, 3.05) is 13.2 Å². The van der Waals surface area contributed by atoms with Gasteiger partial charge in [0.1, 0.15) is 11.8 Å². The van der Waals surface area contributed by atoms with Crippen molar-refractivity contribution in [3.8, 4) is 0 Å². The van der Waals surface area contributed by atoms with Gasteiger partial charge in [-0.15, -0.1) is 0 Å². The quantitative estimate of drug-likeness (QED) is 0.567. The molecule has 0 fully saturated rings. The topological polar surface area (TPSA) is 103 Å². The number of hydrogen-bond donors (Lipinski definition) is 4. The molecule has 19 heavy (non-hydrogen) atoms. The normalized spacial score (nSPS) is 14.2. The molecule has 0 amide bonds. The Kier molecular flexibility index (Phi) is 5.53. The number of aromatic amines is 1. The average molecular weight is 271 g/mol. The zero-order chi connectivity index (χ0) is 14.6. The van der Waals surface area contributed by atoms with E-state index < -0.39 is 18.2 Å². The van der Waals surface area contributed by atoms with Crippen LogP contribution < -0.4 is 0 Å². The van der Waals surface area contributed by atoms with Gasteiger partial charge in [-0.25, -0.2) is 4.79 Å². The van der Waals surface area contributed by atoms with E-state index in [4.69, 9.17) is 9.84 Å². The largest absolute Gasteiger partial charge is 0.461 e. The van der Waals surface area contributed by atoms with E-state index in [-0.39, 0.29) is 25.3 Å². The minimum absolute atomic E-state index is 0.0694. The van der Waals surface area contributed by atoms with Gasteiger partial charge < -0.3 is 25.0 Å². The van der Waals surface area contributed by atoms with E-state index in [1.807, 2.05) is 0 Å². The fourth-order valence-corrected chi connectivity index (χ4v) is 2.10. The molecule has 0 bridgehead atoms. The fraction of sp³-hybridized carbons (Fsp3) is 0.615. The molecule has 0 spiro atoms. The Bertz CT molecular complexity index is 440. The van der Waals surface area contributed by atoms with Crippen LogP contribution in [0.25, 0.3) is 0 Å². The molecule has 0 aliphatic rings. The van der Waals surface area contributed by atoms with Crippen molar-refractivity contribution < 1.29 is 24.9 Å². The third-order valence-corrected chi connectivity index (χ3v) is 3.06. The Morgan fingerprint density at radius 1 is 1.37 bits per heavy atom. The third-order valence-electron chi connectivity index (χ3n) is 3.06. The third kappa shape index (κ3) is 3.34. The highest BCUT2D eigenvalue weighted by Gasteiger charge is 2.26. The summed E-state index contributed by atoms with van der Waals surface area (Å²) in [4.78, 5) is 14.6. The summed E-state index contributed by atoms with van der Waals surface area (Å²) in [6.45, 7) is 5.15. The molecule has 0 saturated carbocycles. The van der Waals surface area contributed by atoms with Crippen LogP contribution >= 0.6 is 0 Å². The lowest BCUT2D eigenvalue weighted by Gasteiger charge is -2.18. The summed E-state index contributed by atoms with van der Waals surface area (Å²) in [6.07, 6.45) is -2.15. The highest BCUT2D eigenvalue weighted by molar-refractivity contribution is 5.89. The van der Waals surface area contributed by atoms with E-state index >= 15 is 0 Å². The molecule has 0 saturated heterocycles. The van der Waals surface area contributed by atoms with Crippen molar-refractivity contribution in [2.24, 2.45) is 0 Å². The summed E-state index contributed by atoms with van der Waals surface area (Å²) in [7, 11) is 0. The van der Waals surface area contributed by atoms with Crippen molar-refractivity contribution in [2.45, 2.75) is 39.4 Å². The minimum atomic E-state index is -1.15. The number of carbonyl (C=O) groups excluding carboxylic acids is 1. The molecule has 1 rings (SSSR count). The Morgan fingerprint density at radius 2 is 2.00 bits per heavy atom. The smallest absolute Gasteiger partial charge is 0.355 e. The van der Waals surface area contributed by atoms with Gasteiger partial charge in [-0.1, -0.05) is 0 Å². The Labute approximate surface area is 112 Å². The maximum absolute atomic E-state index is 11.7. The number of rotatable bonds is 6. The van der Waals surface area contributed by atoms with Crippen molar-refractivity contribution in [3.63, 3.8) is 0 Å². The summed E-state index contributed by atoms with van der Waals surface area (Å²) < 4.78 is 4.91. The Balaban J connectivity index is 3.06. The highest BCUT2D eigenvalue weighted by Crippen LogP contribution is 2.28. The number of hydrogen-bond acceptors (Lipinski definition) is 5. The predicted octanol–water partition coefficient (Wildman–Crippen LogP) is 0.585. The first kappa shape index (κ1) is 15.7. The van der Waals surface area contributed by atoms with Gasteiger partial charge in [0.15, 0.2) is 0 Å². The second kappa shape index (κ2) is 6.70. The molecule has 6 heteroatoms. The van der Waals surface area contributed by atoms with Gasteiger partial charge in [-0.2, -0.15) is 0 Å². The van der Waals surface area contributed by atoms with Crippen LogP contribution in [0.5, 0.6) is 0 Å². The van der Waals surface area contributed by atoms with E-state index in [2.05, 4.69) is 4.98 Å². The molecule has 0 aromatic carbocycles. The van der Waals surface area contributed by atoms with Gasteiger partial charge in [0.05, 0.1) is 12.7 Å². The van der Waals surface area contributed by atoms with Gasteiger partial charge in [0, 0.05) is 17.9 Å². The molecule has 0 aliphatic heterocycles. The molecule has 1 heterocycles. The molecule has 0 aliphatic carbocycles. The van der Waals surface area contributed by atoms with Crippen LogP contribution in [0.3, 0.4) is 0 Å². The highest BCUT2D eigenvalue weighted by atomic mass is 16.5. The van der Waals surface area contributed by atoms with Crippen LogP contribution in [-0.4, -0.2) is 45.6 Å². The monoisotopic (exact) mass is 271 g/mol. The van der Waals surface area contributed by atoms with Crippen molar-refractivity contribution >= 4 is 5.97 Å². The summed E-state index contributed by atoms with van der Waals surface area (Å²) in [5.41, 5.74) is 1.92. The molecule has 1 aromatic rings. The lowest BCUT2D eigenvalue weighted by Crippen LogP contribution is -2.20. The van der Waals surface area contributed by atoms with Crippen LogP contribution in [0.2, 0.25) is 0 Å². The van der Waals surface area contributed by atoms with Gasteiger partial charge in [-0.05, 0) is 32.8 Å². The van der Waals surface area contributed by atoms with E-state index in [9.17, 15) is 15.0 Å².